The van der Waals surface area contributed by atoms with Crippen LogP contribution in [0.25, 0.3) is 10.6 Å². The molecule has 1 saturated heterocycles. The molecule has 1 aliphatic rings. The van der Waals surface area contributed by atoms with Crippen LogP contribution in [0.3, 0.4) is 0 Å². The van der Waals surface area contributed by atoms with E-state index in [2.05, 4.69) is 36.3 Å². The number of morpholine rings is 1. The Morgan fingerprint density at radius 2 is 2.17 bits per heavy atom. The van der Waals surface area contributed by atoms with Crippen molar-refractivity contribution in [1.29, 1.82) is 0 Å². The van der Waals surface area contributed by atoms with Crippen molar-refractivity contribution in [2.75, 3.05) is 13.2 Å². The summed E-state index contributed by atoms with van der Waals surface area (Å²) >= 11 is 1.64. The quantitative estimate of drug-likeness (QED) is 0.900. The van der Waals surface area contributed by atoms with Crippen LogP contribution in [0.2, 0.25) is 0 Å². The Morgan fingerprint density at radius 3 is 2.88 bits per heavy atom. The van der Waals surface area contributed by atoms with Crippen molar-refractivity contribution >= 4 is 17.3 Å². The number of ether oxygens (including phenoxy) is 1. The summed E-state index contributed by atoms with van der Waals surface area (Å²) in [5.41, 5.74) is 2.01. The summed E-state index contributed by atoms with van der Waals surface area (Å²) in [5.74, 6) is -0.820. The molecule has 0 bridgehead atoms. The average Bonchev–Trinajstić information content (AvgIpc) is 3.00. The Balaban J connectivity index is 1.71. The molecule has 0 radical (unpaired) electrons. The highest BCUT2D eigenvalue weighted by Crippen LogP contribution is 2.28. The smallest absolute Gasteiger partial charge is 0.306 e. The van der Waals surface area contributed by atoms with Gasteiger partial charge in [0.15, 0.2) is 0 Å². The molecule has 6 heteroatoms. The minimum atomic E-state index is -0.820. The second kappa shape index (κ2) is 7.01. The predicted octanol–water partition coefficient (Wildman–Crippen LogP) is 3.26. The summed E-state index contributed by atoms with van der Waals surface area (Å²) in [7, 11) is 0. The fourth-order valence-electron chi connectivity index (χ4n) is 2.84. The molecule has 1 unspecified atom stereocenters. The van der Waals surface area contributed by atoms with Crippen LogP contribution in [0, 0.1) is 0 Å². The second-order valence-corrected chi connectivity index (χ2v) is 7.59. The molecule has 2 aromatic rings. The summed E-state index contributed by atoms with van der Waals surface area (Å²) in [4.78, 5) is 18.0. The van der Waals surface area contributed by atoms with E-state index >= 15 is 0 Å². The van der Waals surface area contributed by atoms with Gasteiger partial charge in [0.05, 0.1) is 24.8 Å². The van der Waals surface area contributed by atoms with E-state index in [0.717, 1.165) is 16.3 Å². The van der Waals surface area contributed by atoms with E-state index in [-0.39, 0.29) is 18.1 Å². The number of benzene rings is 1. The Labute approximate surface area is 145 Å². The molecular weight excluding hydrogens is 324 g/mol. The molecule has 128 valence electrons. The first kappa shape index (κ1) is 17.1. The molecule has 2 heterocycles. The van der Waals surface area contributed by atoms with Gasteiger partial charge in [-0.1, -0.05) is 30.3 Å². The van der Waals surface area contributed by atoms with Gasteiger partial charge in [0, 0.05) is 29.6 Å². The number of carboxylic acids is 1. The first-order valence-corrected chi connectivity index (χ1v) is 8.90. The van der Waals surface area contributed by atoms with E-state index in [0.29, 0.717) is 19.7 Å². The number of rotatable bonds is 5. The predicted molar refractivity (Wildman–Crippen MR) is 94.0 cm³/mol. The molecule has 0 saturated carbocycles. The highest BCUT2D eigenvalue weighted by atomic mass is 32.1. The van der Waals surface area contributed by atoms with Gasteiger partial charge in [-0.2, -0.15) is 0 Å². The largest absolute Gasteiger partial charge is 0.481 e. The van der Waals surface area contributed by atoms with Gasteiger partial charge in [0.25, 0.3) is 0 Å². The van der Waals surface area contributed by atoms with Crippen LogP contribution in [0.15, 0.2) is 35.7 Å². The van der Waals surface area contributed by atoms with Crippen LogP contribution in [-0.4, -0.2) is 45.8 Å². The normalized spacial score (nSPS) is 20.8. The molecular formula is C18H22N2O3S. The van der Waals surface area contributed by atoms with Gasteiger partial charge in [-0.25, -0.2) is 4.98 Å². The summed E-state index contributed by atoms with van der Waals surface area (Å²) < 4.78 is 5.71. The molecule has 0 aliphatic carbocycles. The maximum Gasteiger partial charge on any atom is 0.306 e. The summed E-state index contributed by atoms with van der Waals surface area (Å²) in [6.07, 6.45) is -0.221. The molecule has 1 aromatic carbocycles. The molecule has 1 fully saturated rings. The van der Waals surface area contributed by atoms with Crippen molar-refractivity contribution < 1.29 is 14.6 Å². The van der Waals surface area contributed by atoms with Crippen LogP contribution < -0.4 is 0 Å². The lowest BCUT2D eigenvalue weighted by Gasteiger charge is -2.44. The third-order valence-corrected chi connectivity index (χ3v) is 5.22. The number of thiazole rings is 1. The lowest BCUT2D eigenvalue weighted by atomic mass is 9.99. The van der Waals surface area contributed by atoms with Crippen molar-refractivity contribution in [2.24, 2.45) is 0 Å². The van der Waals surface area contributed by atoms with Gasteiger partial charge in [0.1, 0.15) is 5.01 Å². The molecule has 3 rings (SSSR count). The molecule has 1 atom stereocenters. The van der Waals surface area contributed by atoms with Crippen molar-refractivity contribution in [2.45, 2.75) is 38.5 Å². The molecule has 1 aromatic heterocycles. The summed E-state index contributed by atoms with van der Waals surface area (Å²) in [6, 6.07) is 10.1. The highest BCUT2D eigenvalue weighted by molar-refractivity contribution is 7.13. The zero-order valence-electron chi connectivity index (χ0n) is 13.9. The van der Waals surface area contributed by atoms with Gasteiger partial charge in [-0.3, -0.25) is 9.69 Å². The molecule has 0 spiro atoms. The SMILES string of the molecule is CC1(C)COC(CC(=O)O)CN1Cc1csc(-c2ccccc2)n1. The number of aliphatic carboxylic acids is 1. The Morgan fingerprint density at radius 1 is 1.42 bits per heavy atom. The first-order valence-electron chi connectivity index (χ1n) is 8.02. The third-order valence-electron chi connectivity index (χ3n) is 4.28. The summed E-state index contributed by atoms with van der Waals surface area (Å²) in [6.45, 7) is 6.08. The van der Waals surface area contributed by atoms with Crippen molar-refractivity contribution in [3.05, 3.63) is 41.4 Å². The van der Waals surface area contributed by atoms with Gasteiger partial charge < -0.3 is 9.84 Å². The van der Waals surface area contributed by atoms with Crippen LogP contribution in [0.1, 0.15) is 26.0 Å². The lowest BCUT2D eigenvalue weighted by Crippen LogP contribution is -2.55. The monoisotopic (exact) mass is 346 g/mol. The van der Waals surface area contributed by atoms with Crippen LogP contribution in [0.5, 0.6) is 0 Å². The molecule has 1 N–H and O–H groups in total. The molecule has 24 heavy (non-hydrogen) atoms. The zero-order chi connectivity index (χ0) is 17.2. The minimum absolute atomic E-state index is 0.0406. The van der Waals surface area contributed by atoms with E-state index in [9.17, 15) is 4.79 Å². The zero-order valence-corrected chi connectivity index (χ0v) is 14.8. The van der Waals surface area contributed by atoms with E-state index in [4.69, 9.17) is 14.8 Å². The fourth-order valence-corrected chi connectivity index (χ4v) is 3.66. The topological polar surface area (TPSA) is 62.7 Å². The minimum Gasteiger partial charge on any atom is -0.481 e. The second-order valence-electron chi connectivity index (χ2n) is 6.73. The van der Waals surface area contributed by atoms with Crippen LogP contribution in [0.4, 0.5) is 0 Å². The highest BCUT2D eigenvalue weighted by Gasteiger charge is 2.36. The number of carboxylic acid groups (broad SMARTS) is 1. The number of carbonyl (C=O) groups is 1. The number of hydrogen-bond acceptors (Lipinski definition) is 5. The van der Waals surface area contributed by atoms with Crippen molar-refractivity contribution in [1.82, 2.24) is 9.88 Å². The van der Waals surface area contributed by atoms with E-state index in [1.54, 1.807) is 11.3 Å². The van der Waals surface area contributed by atoms with Gasteiger partial charge in [0.2, 0.25) is 0 Å². The van der Waals surface area contributed by atoms with Crippen LogP contribution >= 0.6 is 11.3 Å². The first-order chi connectivity index (χ1) is 11.4. The number of hydrogen-bond donors (Lipinski definition) is 1. The Bertz CT molecular complexity index is 699. The van der Waals surface area contributed by atoms with E-state index in [1.807, 2.05) is 18.2 Å². The lowest BCUT2D eigenvalue weighted by molar-refractivity contribution is -0.147. The van der Waals surface area contributed by atoms with Crippen molar-refractivity contribution in [3.63, 3.8) is 0 Å². The fraction of sp³-hybridized carbons (Fsp3) is 0.444. The molecule has 0 amide bonds. The van der Waals surface area contributed by atoms with Gasteiger partial charge >= 0.3 is 5.97 Å². The van der Waals surface area contributed by atoms with Gasteiger partial charge in [-0.15, -0.1) is 11.3 Å². The maximum atomic E-state index is 10.9. The molecule has 1 aliphatic heterocycles. The summed E-state index contributed by atoms with van der Waals surface area (Å²) in [5, 5.41) is 12.1. The van der Waals surface area contributed by atoms with E-state index in [1.165, 1.54) is 0 Å². The van der Waals surface area contributed by atoms with E-state index < -0.39 is 5.97 Å². The standard InChI is InChI=1S/C18H22N2O3S/c1-18(2)12-23-15(8-16(21)22)10-20(18)9-14-11-24-17(19-14)13-6-4-3-5-7-13/h3-7,11,15H,8-10,12H2,1-2H3,(H,21,22). The Hall–Kier alpha value is -1.76. The van der Waals surface area contributed by atoms with Gasteiger partial charge in [-0.05, 0) is 13.8 Å². The number of aromatic nitrogens is 1. The van der Waals surface area contributed by atoms with Crippen LogP contribution in [-0.2, 0) is 16.1 Å². The number of nitrogens with zero attached hydrogens (tertiary/aromatic N) is 2. The maximum absolute atomic E-state index is 10.9. The average molecular weight is 346 g/mol. The Kier molecular flexibility index (Phi) is 4.99. The molecule has 5 nitrogen and oxygen atoms in total. The third kappa shape index (κ3) is 4.01. The van der Waals surface area contributed by atoms with Crippen molar-refractivity contribution in [3.8, 4) is 10.6 Å².